The van der Waals surface area contributed by atoms with E-state index in [1.54, 1.807) is 6.07 Å². The van der Waals surface area contributed by atoms with E-state index in [1.165, 1.54) is 5.56 Å². The zero-order valence-corrected chi connectivity index (χ0v) is 16.4. The summed E-state index contributed by atoms with van der Waals surface area (Å²) in [5.41, 5.74) is 1.61. The van der Waals surface area contributed by atoms with Crippen molar-refractivity contribution in [2.45, 2.75) is 39.5 Å². The lowest BCUT2D eigenvalue weighted by Crippen LogP contribution is -2.46. The van der Waals surface area contributed by atoms with Gasteiger partial charge in [-0.3, -0.25) is 9.69 Å². The Morgan fingerprint density at radius 3 is 2.81 bits per heavy atom. The molecule has 1 aromatic carbocycles. The summed E-state index contributed by atoms with van der Waals surface area (Å²) >= 11 is 0. The molecule has 2 heterocycles. The molecule has 0 unspecified atom stereocenters. The summed E-state index contributed by atoms with van der Waals surface area (Å²) < 4.78 is 11.2. The molecule has 0 radical (unpaired) electrons. The molecule has 1 fully saturated rings. The number of amides is 1. The first kappa shape index (κ1) is 19.6. The van der Waals surface area contributed by atoms with Crippen molar-refractivity contribution in [1.82, 2.24) is 15.0 Å². The zero-order chi connectivity index (χ0) is 19.2. The topological polar surface area (TPSA) is 58.8 Å². The summed E-state index contributed by atoms with van der Waals surface area (Å²) in [6.45, 7) is 7.55. The Balaban J connectivity index is 1.55. The number of hydrogen-bond acceptors (Lipinski definition) is 5. The van der Waals surface area contributed by atoms with E-state index in [4.69, 9.17) is 9.26 Å². The lowest BCUT2D eigenvalue weighted by atomic mass is 10.0. The molecule has 1 saturated heterocycles. The zero-order valence-electron chi connectivity index (χ0n) is 16.4. The molecule has 1 aromatic heterocycles. The SMILES string of the molecule is CC(C)C[C@H]1CN(C(=O)c2cc(CN(C)Cc3ccccc3)on2)CCO1. The third-order valence-corrected chi connectivity index (χ3v) is 4.66. The van der Waals surface area contributed by atoms with Crippen molar-refractivity contribution in [2.24, 2.45) is 5.92 Å². The minimum absolute atomic E-state index is 0.0761. The van der Waals surface area contributed by atoms with E-state index in [0.717, 1.165) is 13.0 Å². The van der Waals surface area contributed by atoms with Gasteiger partial charge < -0.3 is 14.2 Å². The van der Waals surface area contributed by atoms with Crippen LogP contribution in [0, 0.1) is 5.92 Å². The van der Waals surface area contributed by atoms with Gasteiger partial charge in [-0.05, 0) is 24.9 Å². The lowest BCUT2D eigenvalue weighted by Gasteiger charge is -2.33. The summed E-state index contributed by atoms with van der Waals surface area (Å²) in [5.74, 6) is 1.17. The van der Waals surface area contributed by atoms with Crippen LogP contribution in [0.4, 0.5) is 0 Å². The maximum atomic E-state index is 12.8. The maximum absolute atomic E-state index is 12.8. The highest BCUT2D eigenvalue weighted by atomic mass is 16.5. The van der Waals surface area contributed by atoms with Crippen molar-refractivity contribution in [1.29, 1.82) is 0 Å². The maximum Gasteiger partial charge on any atom is 0.276 e. The van der Waals surface area contributed by atoms with Gasteiger partial charge in [0.1, 0.15) is 0 Å². The fraction of sp³-hybridized carbons (Fsp3) is 0.524. The van der Waals surface area contributed by atoms with Crippen molar-refractivity contribution in [3.8, 4) is 0 Å². The van der Waals surface area contributed by atoms with Crippen molar-refractivity contribution in [3.63, 3.8) is 0 Å². The second-order valence-corrected chi connectivity index (χ2v) is 7.71. The smallest absolute Gasteiger partial charge is 0.276 e. The monoisotopic (exact) mass is 371 g/mol. The molecule has 146 valence electrons. The summed E-state index contributed by atoms with van der Waals surface area (Å²) in [5, 5.41) is 4.00. The summed E-state index contributed by atoms with van der Waals surface area (Å²) in [7, 11) is 2.02. The molecule has 3 rings (SSSR count). The highest BCUT2D eigenvalue weighted by Crippen LogP contribution is 2.17. The van der Waals surface area contributed by atoms with Crippen LogP contribution in [0.25, 0.3) is 0 Å². The highest BCUT2D eigenvalue weighted by molar-refractivity contribution is 5.92. The summed E-state index contributed by atoms with van der Waals surface area (Å²) in [6, 6.07) is 12.0. The number of aromatic nitrogens is 1. The Morgan fingerprint density at radius 1 is 1.30 bits per heavy atom. The molecular formula is C21H29N3O3. The van der Waals surface area contributed by atoms with E-state index in [0.29, 0.717) is 43.6 Å². The standard InChI is InChI=1S/C21H29N3O3/c1-16(2)11-18-15-24(9-10-26-18)21(25)20-12-19(27-22-20)14-23(3)13-17-7-5-4-6-8-17/h4-8,12,16,18H,9-11,13-15H2,1-3H3/t18-/m0/s1. The Hall–Kier alpha value is -2.18. The summed E-state index contributed by atoms with van der Waals surface area (Å²) in [6.07, 6.45) is 1.06. The van der Waals surface area contributed by atoms with Crippen LogP contribution >= 0.6 is 0 Å². The predicted molar refractivity (Wildman–Crippen MR) is 103 cm³/mol. The van der Waals surface area contributed by atoms with Crippen LogP contribution in [0.3, 0.4) is 0 Å². The third kappa shape index (κ3) is 5.65. The van der Waals surface area contributed by atoms with Gasteiger partial charge in [-0.1, -0.05) is 49.3 Å². The summed E-state index contributed by atoms with van der Waals surface area (Å²) in [4.78, 5) is 16.7. The van der Waals surface area contributed by atoms with Gasteiger partial charge in [0.25, 0.3) is 5.91 Å². The molecule has 1 aliphatic rings. The molecule has 1 aliphatic heterocycles. The molecule has 0 bridgehead atoms. The predicted octanol–water partition coefficient (Wildman–Crippen LogP) is 3.19. The van der Waals surface area contributed by atoms with Gasteiger partial charge in [0.2, 0.25) is 0 Å². The first-order valence-electron chi connectivity index (χ1n) is 9.60. The van der Waals surface area contributed by atoms with Crippen LogP contribution in [0.5, 0.6) is 0 Å². The van der Waals surface area contributed by atoms with Gasteiger partial charge in [0, 0.05) is 25.7 Å². The largest absolute Gasteiger partial charge is 0.375 e. The quantitative estimate of drug-likeness (QED) is 0.748. The minimum atomic E-state index is -0.0761. The third-order valence-electron chi connectivity index (χ3n) is 4.66. The highest BCUT2D eigenvalue weighted by Gasteiger charge is 2.27. The first-order chi connectivity index (χ1) is 13.0. The van der Waals surface area contributed by atoms with E-state index < -0.39 is 0 Å². The average molecular weight is 371 g/mol. The van der Waals surface area contributed by atoms with Crippen molar-refractivity contribution in [3.05, 3.63) is 53.4 Å². The number of ether oxygens (including phenoxy) is 1. The molecule has 1 atom stereocenters. The number of carbonyl (C=O) groups is 1. The molecule has 6 nitrogen and oxygen atoms in total. The fourth-order valence-corrected chi connectivity index (χ4v) is 3.44. The fourth-order valence-electron chi connectivity index (χ4n) is 3.44. The van der Waals surface area contributed by atoms with E-state index in [2.05, 4.69) is 36.0 Å². The molecule has 6 heteroatoms. The molecule has 27 heavy (non-hydrogen) atoms. The van der Waals surface area contributed by atoms with Crippen LogP contribution < -0.4 is 0 Å². The number of rotatable bonds is 7. The van der Waals surface area contributed by atoms with Crippen LogP contribution in [-0.2, 0) is 17.8 Å². The van der Waals surface area contributed by atoms with Gasteiger partial charge in [-0.15, -0.1) is 0 Å². The number of benzene rings is 1. The lowest BCUT2D eigenvalue weighted by molar-refractivity contribution is -0.0300. The number of nitrogens with zero attached hydrogens (tertiary/aromatic N) is 3. The first-order valence-corrected chi connectivity index (χ1v) is 9.60. The average Bonchev–Trinajstić information content (AvgIpc) is 3.10. The molecule has 0 N–H and O–H groups in total. The van der Waals surface area contributed by atoms with Crippen LogP contribution in [0.15, 0.2) is 40.9 Å². The van der Waals surface area contributed by atoms with E-state index in [-0.39, 0.29) is 12.0 Å². The van der Waals surface area contributed by atoms with Crippen molar-refractivity contribution >= 4 is 5.91 Å². The molecular weight excluding hydrogens is 342 g/mol. The van der Waals surface area contributed by atoms with Gasteiger partial charge in [-0.25, -0.2) is 0 Å². The number of carbonyl (C=O) groups excluding carboxylic acids is 1. The van der Waals surface area contributed by atoms with Gasteiger partial charge in [-0.2, -0.15) is 0 Å². The normalized spacial score (nSPS) is 17.7. The second kappa shape index (κ2) is 9.15. The Kier molecular flexibility index (Phi) is 6.63. The molecule has 2 aromatic rings. The van der Waals surface area contributed by atoms with Crippen LogP contribution in [-0.4, -0.2) is 53.7 Å². The molecule has 0 spiro atoms. The van der Waals surface area contributed by atoms with Crippen molar-refractivity contribution in [2.75, 3.05) is 26.7 Å². The van der Waals surface area contributed by atoms with Crippen LogP contribution in [0.1, 0.15) is 42.1 Å². The van der Waals surface area contributed by atoms with E-state index in [1.807, 2.05) is 30.1 Å². The van der Waals surface area contributed by atoms with Crippen molar-refractivity contribution < 1.29 is 14.1 Å². The molecule has 0 saturated carbocycles. The Labute approximate surface area is 161 Å². The molecule has 1 amide bonds. The number of hydrogen-bond donors (Lipinski definition) is 0. The van der Waals surface area contributed by atoms with Gasteiger partial charge >= 0.3 is 0 Å². The molecule has 0 aliphatic carbocycles. The van der Waals surface area contributed by atoms with Gasteiger partial charge in [0.05, 0.1) is 19.3 Å². The Bertz CT molecular complexity index is 729. The second-order valence-electron chi connectivity index (χ2n) is 7.71. The van der Waals surface area contributed by atoms with E-state index >= 15 is 0 Å². The van der Waals surface area contributed by atoms with E-state index in [9.17, 15) is 4.79 Å². The minimum Gasteiger partial charge on any atom is -0.375 e. The van der Waals surface area contributed by atoms with Gasteiger partial charge in [0.15, 0.2) is 11.5 Å². The number of morpholine rings is 1. The van der Waals surface area contributed by atoms with Crippen LogP contribution in [0.2, 0.25) is 0 Å². The Morgan fingerprint density at radius 2 is 2.07 bits per heavy atom.